The number of anilines is 1. The van der Waals surface area contributed by atoms with E-state index >= 15 is 0 Å². The number of imidazole rings is 1. The van der Waals surface area contributed by atoms with Crippen LogP contribution in [0.1, 0.15) is 12.8 Å². The first-order chi connectivity index (χ1) is 11.7. The summed E-state index contributed by atoms with van der Waals surface area (Å²) in [4.78, 5) is 13.1. The molecule has 1 aliphatic heterocycles. The lowest BCUT2D eigenvalue weighted by molar-refractivity contribution is 0.479. The quantitative estimate of drug-likeness (QED) is 0.763. The number of pyridine rings is 1. The van der Waals surface area contributed by atoms with E-state index < -0.39 is 0 Å². The fourth-order valence-corrected chi connectivity index (χ4v) is 3.03. The number of hydrogen-bond acceptors (Lipinski definition) is 5. The minimum atomic E-state index is -0.345. The van der Waals surface area contributed by atoms with Crippen LogP contribution in [-0.2, 0) is 0 Å². The smallest absolute Gasteiger partial charge is 0.180 e. The lowest BCUT2D eigenvalue weighted by atomic mass is 10.1. The van der Waals surface area contributed by atoms with E-state index in [9.17, 15) is 4.39 Å². The van der Waals surface area contributed by atoms with Gasteiger partial charge < -0.3 is 10.6 Å². The van der Waals surface area contributed by atoms with E-state index in [2.05, 4.69) is 25.6 Å². The third-order valence-electron chi connectivity index (χ3n) is 4.08. The van der Waals surface area contributed by atoms with Crippen molar-refractivity contribution in [2.75, 3.05) is 18.4 Å². The number of nitrogens with one attached hydrogen (secondary N) is 2. The van der Waals surface area contributed by atoms with Crippen molar-refractivity contribution < 1.29 is 4.39 Å². The van der Waals surface area contributed by atoms with Crippen LogP contribution in [0.2, 0.25) is 5.02 Å². The molecule has 1 fully saturated rings. The van der Waals surface area contributed by atoms with Crippen LogP contribution in [0.5, 0.6) is 0 Å². The molecule has 24 heavy (non-hydrogen) atoms. The van der Waals surface area contributed by atoms with Gasteiger partial charge in [0.15, 0.2) is 5.82 Å². The standard InChI is InChI=1S/C16H16ClFN6/c17-12-7-21-16(23-15(12)22-11-2-1-5-19-6-11)13-8-20-14-4-3-10(18)9-24(13)14/h3-4,7-9,11,19H,1-2,5-6H2,(H,21,22,23). The Hall–Kier alpha value is -2.25. The predicted octanol–water partition coefficient (Wildman–Crippen LogP) is 2.75. The third-order valence-corrected chi connectivity index (χ3v) is 4.36. The van der Waals surface area contributed by atoms with Gasteiger partial charge in [-0.1, -0.05) is 11.6 Å². The summed E-state index contributed by atoms with van der Waals surface area (Å²) < 4.78 is 15.2. The highest BCUT2D eigenvalue weighted by Gasteiger charge is 2.17. The second kappa shape index (κ2) is 6.33. The van der Waals surface area contributed by atoms with Crippen molar-refractivity contribution in [1.82, 2.24) is 24.7 Å². The van der Waals surface area contributed by atoms with Crippen LogP contribution in [0.4, 0.5) is 10.2 Å². The lowest BCUT2D eigenvalue weighted by Gasteiger charge is -2.24. The molecule has 1 aliphatic rings. The van der Waals surface area contributed by atoms with E-state index in [4.69, 9.17) is 11.6 Å². The molecule has 3 aromatic rings. The molecule has 0 spiro atoms. The molecule has 0 aliphatic carbocycles. The largest absolute Gasteiger partial charge is 0.365 e. The van der Waals surface area contributed by atoms with E-state index in [-0.39, 0.29) is 11.9 Å². The molecule has 1 atom stereocenters. The van der Waals surface area contributed by atoms with Crippen molar-refractivity contribution in [2.45, 2.75) is 18.9 Å². The Bertz CT molecular complexity index is 874. The molecule has 8 heteroatoms. The highest BCUT2D eigenvalue weighted by atomic mass is 35.5. The summed E-state index contributed by atoms with van der Waals surface area (Å²) >= 11 is 6.23. The second-order valence-corrected chi connectivity index (χ2v) is 6.20. The van der Waals surface area contributed by atoms with Gasteiger partial charge in [0, 0.05) is 18.8 Å². The minimum absolute atomic E-state index is 0.277. The second-order valence-electron chi connectivity index (χ2n) is 5.80. The molecule has 0 amide bonds. The number of halogens is 2. The summed E-state index contributed by atoms with van der Waals surface area (Å²) in [5.74, 6) is 0.688. The summed E-state index contributed by atoms with van der Waals surface area (Å²) in [5, 5.41) is 7.17. The zero-order valence-electron chi connectivity index (χ0n) is 12.8. The zero-order chi connectivity index (χ0) is 16.5. The predicted molar refractivity (Wildman–Crippen MR) is 90.7 cm³/mol. The SMILES string of the molecule is Fc1ccc2ncc(-c3ncc(Cl)c(NC4CCCNC4)n3)n2c1. The molecule has 1 unspecified atom stereocenters. The van der Waals surface area contributed by atoms with Gasteiger partial charge in [0.05, 0.1) is 12.4 Å². The van der Waals surface area contributed by atoms with Gasteiger partial charge in [0.2, 0.25) is 0 Å². The van der Waals surface area contributed by atoms with Crippen LogP contribution < -0.4 is 10.6 Å². The number of fused-ring (bicyclic) bond motifs is 1. The Morgan fingerprint density at radius 2 is 2.21 bits per heavy atom. The van der Waals surface area contributed by atoms with E-state index in [1.807, 2.05) is 0 Å². The Labute approximate surface area is 143 Å². The summed E-state index contributed by atoms with van der Waals surface area (Å²) in [5.41, 5.74) is 1.25. The van der Waals surface area contributed by atoms with Crippen molar-refractivity contribution in [3.63, 3.8) is 0 Å². The summed E-state index contributed by atoms with van der Waals surface area (Å²) in [6.45, 7) is 1.91. The van der Waals surface area contributed by atoms with Gasteiger partial charge in [-0.05, 0) is 31.5 Å². The Kier molecular flexibility index (Phi) is 4.03. The molecule has 124 valence electrons. The van der Waals surface area contributed by atoms with Gasteiger partial charge in [-0.3, -0.25) is 4.40 Å². The number of piperidine rings is 1. The number of hydrogen-bond donors (Lipinski definition) is 2. The molecular formula is C16H16ClFN6. The molecule has 4 rings (SSSR count). The van der Waals surface area contributed by atoms with Crippen molar-refractivity contribution >= 4 is 23.1 Å². The van der Waals surface area contributed by atoms with Crippen molar-refractivity contribution in [3.05, 3.63) is 41.6 Å². The van der Waals surface area contributed by atoms with Crippen molar-refractivity contribution in [1.29, 1.82) is 0 Å². The Balaban J connectivity index is 1.70. The normalized spacial score (nSPS) is 18.0. The molecule has 3 aromatic heterocycles. The highest BCUT2D eigenvalue weighted by molar-refractivity contribution is 6.32. The van der Waals surface area contributed by atoms with Gasteiger partial charge in [-0.25, -0.2) is 19.3 Å². The van der Waals surface area contributed by atoms with Crippen LogP contribution >= 0.6 is 11.6 Å². The van der Waals surface area contributed by atoms with Crippen molar-refractivity contribution in [3.8, 4) is 11.5 Å². The Morgan fingerprint density at radius 1 is 1.29 bits per heavy atom. The molecule has 2 N–H and O–H groups in total. The highest BCUT2D eigenvalue weighted by Crippen LogP contribution is 2.25. The number of aromatic nitrogens is 4. The fraction of sp³-hybridized carbons (Fsp3) is 0.312. The maximum atomic E-state index is 13.5. The average Bonchev–Trinajstić information content (AvgIpc) is 3.01. The van der Waals surface area contributed by atoms with Crippen LogP contribution in [0.3, 0.4) is 0 Å². The van der Waals surface area contributed by atoms with Gasteiger partial charge in [-0.2, -0.15) is 0 Å². The number of nitrogens with zero attached hydrogens (tertiary/aromatic N) is 4. The molecule has 1 saturated heterocycles. The first-order valence-electron chi connectivity index (χ1n) is 7.83. The first-order valence-corrected chi connectivity index (χ1v) is 8.21. The van der Waals surface area contributed by atoms with E-state index in [1.54, 1.807) is 22.9 Å². The van der Waals surface area contributed by atoms with Gasteiger partial charge in [0.1, 0.15) is 28.0 Å². The lowest BCUT2D eigenvalue weighted by Crippen LogP contribution is -2.38. The van der Waals surface area contributed by atoms with E-state index in [0.29, 0.717) is 28.0 Å². The summed E-state index contributed by atoms with van der Waals surface area (Å²) in [7, 11) is 0. The van der Waals surface area contributed by atoms with Crippen molar-refractivity contribution in [2.24, 2.45) is 0 Å². The van der Waals surface area contributed by atoms with Crippen LogP contribution in [-0.4, -0.2) is 38.5 Å². The molecule has 0 bridgehead atoms. The van der Waals surface area contributed by atoms with Gasteiger partial charge >= 0.3 is 0 Å². The Morgan fingerprint density at radius 3 is 3.04 bits per heavy atom. The van der Waals surface area contributed by atoms with Crippen LogP contribution in [0.25, 0.3) is 17.2 Å². The van der Waals surface area contributed by atoms with E-state index in [1.165, 1.54) is 12.3 Å². The molecule has 6 nitrogen and oxygen atoms in total. The maximum absolute atomic E-state index is 13.5. The van der Waals surface area contributed by atoms with E-state index in [0.717, 1.165) is 25.9 Å². The van der Waals surface area contributed by atoms with Gasteiger partial charge in [0.25, 0.3) is 0 Å². The monoisotopic (exact) mass is 346 g/mol. The van der Waals surface area contributed by atoms with Crippen LogP contribution in [0.15, 0.2) is 30.7 Å². The average molecular weight is 347 g/mol. The summed E-state index contributed by atoms with van der Waals surface area (Å²) in [6, 6.07) is 3.26. The topological polar surface area (TPSA) is 67.1 Å². The molecular weight excluding hydrogens is 331 g/mol. The molecule has 0 radical (unpaired) electrons. The molecule has 4 heterocycles. The van der Waals surface area contributed by atoms with Crippen LogP contribution in [0, 0.1) is 5.82 Å². The minimum Gasteiger partial charge on any atom is -0.365 e. The number of rotatable bonds is 3. The zero-order valence-corrected chi connectivity index (χ0v) is 13.6. The maximum Gasteiger partial charge on any atom is 0.180 e. The fourth-order valence-electron chi connectivity index (χ4n) is 2.88. The summed E-state index contributed by atoms with van der Waals surface area (Å²) in [6.07, 6.45) is 6.72. The first kappa shape index (κ1) is 15.3. The van der Waals surface area contributed by atoms with Gasteiger partial charge in [-0.15, -0.1) is 0 Å². The third kappa shape index (κ3) is 2.92. The molecule has 0 aromatic carbocycles. The molecule has 0 saturated carbocycles.